The van der Waals surface area contributed by atoms with Crippen molar-refractivity contribution in [2.45, 2.75) is 31.2 Å². The molecule has 2 rings (SSSR count). The minimum atomic E-state index is -1.26. The summed E-state index contributed by atoms with van der Waals surface area (Å²) in [6.07, 6.45) is 2.24. The number of carboxylic acids is 1. The number of hydrogen-bond acceptors (Lipinski definition) is 2. The third-order valence-electron chi connectivity index (χ3n) is 3.39. The van der Waals surface area contributed by atoms with Crippen molar-refractivity contribution in [1.29, 1.82) is 0 Å². The molecule has 0 unspecified atom stereocenters. The van der Waals surface area contributed by atoms with Gasteiger partial charge in [0.2, 0.25) is 0 Å². The lowest BCUT2D eigenvalue weighted by Gasteiger charge is -2.25. The SMILES string of the molecule is O=C(NC1(C(=O)O)CCCC1)c1cc(Br)ccc1F. The molecule has 1 fully saturated rings. The summed E-state index contributed by atoms with van der Waals surface area (Å²) in [6, 6.07) is 3.99. The predicted octanol–water partition coefficient (Wildman–Crippen LogP) is 2.72. The molecule has 1 saturated carbocycles. The summed E-state index contributed by atoms with van der Waals surface area (Å²) < 4.78 is 14.2. The Kier molecular flexibility index (Phi) is 3.89. The van der Waals surface area contributed by atoms with Gasteiger partial charge in [-0.2, -0.15) is 0 Å². The summed E-state index contributed by atoms with van der Waals surface area (Å²) in [5.74, 6) is -2.42. The second kappa shape index (κ2) is 5.28. The zero-order valence-electron chi connectivity index (χ0n) is 10.1. The maximum atomic E-state index is 13.6. The Morgan fingerprint density at radius 3 is 2.53 bits per heavy atom. The molecule has 1 aromatic rings. The molecule has 2 N–H and O–H groups in total. The fraction of sp³-hybridized carbons (Fsp3) is 0.385. The number of carboxylic acid groups (broad SMARTS) is 1. The highest BCUT2D eigenvalue weighted by molar-refractivity contribution is 9.10. The van der Waals surface area contributed by atoms with Crippen molar-refractivity contribution < 1.29 is 19.1 Å². The van der Waals surface area contributed by atoms with Crippen LogP contribution < -0.4 is 5.32 Å². The Hall–Kier alpha value is -1.43. The molecule has 6 heteroatoms. The third-order valence-corrected chi connectivity index (χ3v) is 3.89. The molecular formula is C13H13BrFNO3. The van der Waals surface area contributed by atoms with E-state index in [0.29, 0.717) is 17.3 Å². The first-order valence-electron chi connectivity index (χ1n) is 5.95. The fourth-order valence-electron chi connectivity index (χ4n) is 2.33. The van der Waals surface area contributed by atoms with Gasteiger partial charge >= 0.3 is 5.97 Å². The van der Waals surface area contributed by atoms with E-state index in [1.807, 2.05) is 0 Å². The standard InChI is InChI=1S/C13H13BrFNO3/c14-8-3-4-10(15)9(7-8)11(17)16-13(12(18)19)5-1-2-6-13/h3-4,7H,1-2,5-6H2,(H,16,17)(H,18,19). The molecule has 19 heavy (non-hydrogen) atoms. The second-order valence-corrected chi connectivity index (χ2v) is 5.59. The maximum Gasteiger partial charge on any atom is 0.329 e. The number of carbonyl (C=O) groups excluding carboxylic acids is 1. The lowest BCUT2D eigenvalue weighted by atomic mass is 9.97. The summed E-state index contributed by atoms with van der Waals surface area (Å²) in [6.45, 7) is 0. The molecular weight excluding hydrogens is 317 g/mol. The van der Waals surface area contributed by atoms with E-state index in [9.17, 15) is 19.1 Å². The highest BCUT2D eigenvalue weighted by Crippen LogP contribution is 2.30. The van der Waals surface area contributed by atoms with Gasteiger partial charge in [0.25, 0.3) is 5.91 Å². The van der Waals surface area contributed by atoms with E-state index in [4.69, 9.17) is 0 Å². The quantitative estimate of drug-likeness (QED) is 0.896. The van der Waals surface area contributed by atoms with Crippen molar-refractivity contribution in [2.75, 3.05) is 0 Å². The van der Waals surface area contributed by atoms with Gasteiger partial charge < -0.3 is 10.4 Å². The first-order chi connectivity index (χ1) is 8.94. The van der Waals surface area contributed by atoms with E-state index < -0.39 is 23.2 Å². The molecule has 0 radical (unpaired) electrons. The van der Waals surface area contributed by atoms with Crippen LogP contribution in [0.3, 0.4) is 0 Å². The molecule has 0 bridgehead atoms. The molecule has 1 aliphatic rings. The average Bonchev–Trinajstić information content (AvgIpc) is 2.82. The van der Waals surface area contributed by atoms with Gasteiger partial charge in [0, 0.05) is 4.47 Å². The van der Waals surface area contributed by atoms with Crippen LogP contribution in [0.2, 0.25) is 0 Å². The van der Waals surface area contributed by atoms with Crippen molar-refractivity contribution >= 4 is 27.8 Å². The maximum absolute atomic E-state index is 13.6. The Morgan fingerprint density at radius 1 is 1.32 bits per heavy atom. The predicted molar refractivity (Wildman–Crippen MR) is 70.4 cm³/mol. The highest BCUT2D eigenvalue weighted by atomic mass is 79.9. The summed E-state index contributed by atoms with van der Waals surface area (Å²) in [4.78, 5) is 23.4. The van der Waals surface area contributed by atoms with Crippen LogP contribution >= 0.6 is 15.9 Å². The van der Waals surface area contributed by atoms with Crippen LogP contribution in [0.1, 0.15) is 36.0 Å². The van der Waals surface area contributed by atoms with Crippen molar-refractivity contribution in [3.63, 3.8) is 0 Å². The highest BCUT2D eigenvalue weighted by Gasteiger charge is 2.43. The summed E-state index contributed by atoms with van der Waals surface area (Å²) in [5.41, 5.74) is -1.41. The molecule has 0 atom stereocenters. The molecule has 0 aliphatic heterocycles. The largest absolute Gasteiger partial charge is 0.480 e. The van der Waals surface area contributed by atoms with Gasteiger partial charge in [0.15, 0.2) is 0 Å². The van der Waals surface area contributed by atoms with E-state index in [1.54, 1.807) is 0 Å². The van der Waals surface area contributed by atoms with Gasteiger partial charge in [0.1, 0.15) is 11.4 Å². The molecule has 0 aromatic heterocycles. The fourth-order valence-corrected chi connectivity index (χ4v) is 2.69. The third kappa shape index (κ3) is 2.78. The topological polar surface area (TPSA) is 66.4 Å². The number of benzene rings is 1. The number of halogens is 2. The van der Waals surface area contributed by atoms with Crippen molar-refractivity contribution in [2.24, 2.45) is 0 Å². The zero-order valence-corrected chi connectivity index (χ0v) is 11.7. The van der Waals surface area contributed by atoms with E-state index in [-0.39, 0.29) is 5.56 Å². The Bertz CT molecular complexity index is 527. The number of rotatable bonds is 3. The summed E-state index contributed by atoms with van der Waals surface area (Å²) >= 11 is 3.16. The first-order valence-corrected chi connectivity index (χ1v) is 6.75. The van der Waals surface area contributed by atoms with E-state index >= 15 is 0 Å². The van der Waals surface area contributed by atoms with Crippen LogP contribution in [0.15, 0.2) is 22.7 Å². The minimum absolute atomic E-state index is 0.151. The molecule has 1 aliphatic carbocycles. The smallest absolute Gasteiger partial charge is 0.329 e. The lowest BCUT2D eigenvalue weighted by Crippen LogP contribution is -2.52. The van der Waals surface area contributed by atoms with E-state index in [0.717, 1.165) is 12.8 Å². The van der Waals surface area contributed by atoms with Crippen molar-refractivity contribution in [1.82, 2.24) is 5.32 Å². The molecule has 1 aromatic carbocycles. The average molecular weight is 330 g/mol. The van der Waals surface area contributed by atoms with Gasteiger partial charge in [-0.15, -0.1) is 0 Å². The van der Waals surface area contributed by atoms with Gasteiger partial charge in [0.05, 0.1) is 5.56 Å². The van der Waals surface area contributed by atoms with Crippen LogP contribution in [-0.2, 0) is 4.79 Å². The van der Waals surface area contributed by atoms with Crippen LogP contribution in [-0.4, -0.2) is 22.5 Å². The van der Waals surface area contributed by atoms with Crippen LogP contribution in [0.5, 0.6) is 0 Å². The minimum Gasteiger partial charge on any atom is -0.480 e. The Labute approximate surface area is 118 Å². The molecule has 4 nitrogen and oxygen atoms in total. The van der Waals surface area contributed by atoms with Crippen molar-refractivity contribution in [3.8, 4) is 0 Å². The number of carbonyl (C=O) groups is 2. The molecule has 102 valence electrons. The molecule has 0 saturated heterocycles. The monoisotopic (exact) mass is 329 g/mol. The summed E-state index contributed by atoms with van der Waals surface area (Å²) in [7, 11) is 0. The van der Waals surface area contributed by atoms with E-state index in [2.05, 4.69) is 21.2 Å². The number of amides is 1. The molecule has 0 heterocycles. The van der Waals surface area contributed by atoms with Gasteiger partial charge in [-0.05, 0) is 31.0 Å². The lowest BCUT2D eigenvalue weighted by molar-refractivity contribution is -0.144. The van der Waals surface area contributed by atoms with Crippen LogP contribution in [0.25, 0.3) is 0 Å². The summed E-state index contributed by atoms with van der Waals surface area (Å²) in [5, 5.41) is 11.7. The first kappa shape index (κ1) is 14.0. The van der Waals surface area contributed by atoms with Crippen molar-refractivity contribution in [3.05, 3.63) is 34.1 Å². The number of aliphatic carboxylic acids is 1. The number of nitrogens with one attached hydrogen (secondary N) is 1. The molecule has 1 amide bonds. The molecule has 0 spiro atoms. The second-order valence-electron chi connectivity index (χ2n) is 4.67. The van der Waals surface area contributed by atoms with Gasteiger partial charge in [-0.1, -0.05) is 28.8 Å². The number of hydrogen-bond donors (Lipinski definition) is 2. The van der Waals surface area contributed by atoms with E-state index in [1.165, 1.54) is 18.2 Å². The van der Waals surface area contributed by atoms with Gasteiger partial charge in [-0.3, -0.25) is 4.79 Å². The van der Waals surface area contributed by atoms with Crippen LogP contribution in [0.4, 0.5) is 4.39 Å². The Morgan fingerprint density at radius 2 is 1.95 bits per heavy atom. The van der Waals surface area contributed by atoms with Gasteiger partial charge in [-0.25, -0.2) is 9.18 Å². The normalized spacial score (nSPS) is 17.2. The zero-order chi connectivity index (χ0) is 14.0. The Balaban J connectivity index is 2.25. The van der Waals surface area contributed by atoms with Crippen LogP contribution in [0, 0.1) is 5.82 Å².